The second kappa shape index (κ2) is 4.94. The maximum atomic E-state index is 9.03. The summed E-state index contributed by atoms with van der Waals surface area (Å²) in [5.41, 5.74) is 2.54. The number of nitriles is 1. The maximum Gasteiger partial charge on any atom is 0.178 e. The second-order valence-electron chi connectivity index (χ2n) is 4.75. The van der Waals surface area contributed by atoms with E-state index in [1.165, 1.54) is 0 Å². The number of hydrogen-bond acceptors (Lipinski definition) is 3. The van der Waals surface area contributed by atoms with Gasteiger partial charge in [0.2, 0.25) is 0 Å². The van der Waals surface area contributed by atoms with Crippen LogP contribution in [0.3, 0.4) is 0 Å². The Hall–Kier alpha value is -2.39. The molecular formula is C14H13N5S. The topological polar surface area (TPSA) is 62.3 Å². The molecule has 0 aliphatic carbocycles. The van der Waals surface area contributed by atoms with Crippen LogP contribution in [0.4, 0.5) is 0 Å². The van der Waals surface area contributed by atoms with Gasteiger partial charge in [-0.1, -0.05) is 0 Å². The van der Waals surface area contributed by atoms with Crippen LogP contribution in [0.1, 0.15) is 18.5 Å². The van der Waals surface area contributed by atoms with E-state index in [1.54, 1.807) is 18.6 Å². The van der Waals surface area contributed by atoms with Crippen LogP contribution in [0, 0.1) is 16.1 Å². The fraction of sp³-hybridized carbons (Fsp3) is 0.214. The molecule has 100 valence electrons. The van der Waals surface area contributed by atoms with E-state index in [2.05, 4.69) is 23.0 Å². The Morgan fingerprint density at radius 2 is 2.35 bits per heavy atom. The molecular weight excluding hydrogens is 270 g/mol. The minimum atomic E-state index is 0.166. The van der Waals surface area contributed by atoms with Gasteiger partial charge in [-0.25, -0.2) is 4.98 Å². The number of fused-ring (bicyclic) bond motifs is 1. The standard InChI is InChI=1S/C14H13N5S/c1-10(8-18-5-4-16-9-18)19-13-6-11(7-15)2-3-12(13)17-14(19)20/h2-6,9-10H,8H2,1H3,(H,17,20). The second-order valence-corrected chi connectivity index (χ2v) is 5.14. The van der Waals surface area contributed by atoms with Crippen LogP contribution in [-0.4, -0.2) is 19.1 Å². The normalized spacial score (nSPS) is 12.4. The van der Waals surface area contributed by atoms with E-state index in [1.807, 2.05) is 27.5 Å². The van der Waals surface area contributed by atoms with Crippen molar-refractivity contribution in [2.24, 2.45) is 0 Å². The molecule has 1 unspecified atom stereocenters. The molecule has 0 aliphatic heterocycles. The van der Waals surface area contributed by atoms with Crippen molar-refractivity contribution in [3.63, 3.8) is 0 Å². The maximum absolute atomic E-state index is 9.03. The van der Waals surface area contributed by atoms with E-state index >= 15 is 0 Å². The molecule has 0 fully saturated rings. The van der Waals surface area contributed by atoms with Crippen molar-refractivity contribution < 1.29 is 0 Å². The lowest BCUT2D eigenvalue weighted by Crippen LogP contribution is -2.12. The lowest BCUT2D eigenvalue weighted by Gasteiger charge is -2.15. The monoisotopic (exact) mass is 283 g/mol. The van der Waals surface area contributed by atoms with Gasteiger partial charge >= 0.3 is 0 Å². The molecule has 20 heavy (non-hydrogen) atoms. The predicted molar refractivity (Wildman–Crippen MR) is 78.8 cm³/mol. The molecule has 0 bridgehead atoms. The van der Waals surface area contributed by atoms with Gasteiger partial charge < -0.3 is 14.1 Å². The third-order valence-corrected chi connectivity index (χ3v) is 3.62. The molecule has 0 spiro atoms. The van der Waals surface area contributed by atoms with Crippen LogP contribution in [0.2, 0.25) is 0 Å². The number of rotatable bonds is 3. The zero-order valence-corrected chi connectivity index (χ0v) is 11.8. The highest BCUT2D eigenvalue weighted by molar-refractivity contribution is 7.71. The SMILES string of the molecule is CC(Cn1ccnc1)n1c(=S)[nH]c2ccc(C#N)cc21. The number of nitrogens with one attached hydrogen (secondary N) is 1. The van der Waals surface area contributed by atoms with Gasteiger partial charge in [0.1, 0.15) is 0 Å². The molecule has 0 aliphatic rings. The van der Waals surface area contributed by atoms with Crippen LogP contribution in [-0.2, 0) is 6.54 Å². The number of H-pyrrole nitrogens is 1. The predicted octanol–water partition coefficient (Wildman–Crippen LogP) is 3.03. The molecule has 0 saturated heterocycles. The van der Waals surface area contributed by atoms with Crippen LogP contribution >= 0.6 is 12.2 Å². The molecule has 0 amide bonds. The van der Waals surface area contributed by atoms with Gasteiger partial charge in [-0.05, 0) is 37.3 Å². The lowest BCUT2D eigenvalue weighted by atomic mass is 10.2. The Labute approximate surface area is 121 Å². The molecule has 3 rings (SSSR count). The van der Waals surface area contributed by atoms with Gasteiger partial charge in [0.05, 0.1) is 35.0 Å². The van der Waals surface area contributed by atoms with Crippen molar-refractivity contribution >= 4 is 23.3 Å². The van der Waals surface area contributed by atoms with Crippen LogP contribution in [0.25, 0.3) is 11.0 Å². The number of benzene rings is 1. The van der Waals surface area contributed by atoms with Crippen molar-refractivity contribution in [1.82, 2.24) is 19.1 Å². The summed E-state index contributed by atoms with van der Waals surface area (Å²) in [5, 5.41) is 9.03. The summed E-state index contributed by atoms with van der Waals surface area (Å²) < 4.78 is 4.73. The Bertz CT molecular complexity index is 835. The summed E-state index contributed by atoms with van der Waals surface area (Å²) >= 11 is 5.40. The van der Waals surface area contributed by atoms with Gasteiger partial charge in [-0.2, -0.15) is 5.26 Å². The Morgan fingerprint density at radius 3 is 3.05 bits per heavy atom. The molecule has 0 saturated carbocycles. The minimum absolute atomic E-state index is 0.166. The first-order chi connectivity index (χ1) is 9.69. The molecule has 0 radical (unpaired) electrons. The van der Waals surface area contributed by atoms with Crippen molar-refractivity contribution in [2.75, 3.05) is 0 Å². The number of hydrogen-bond donors (Lipinski definition) is 1. The molecule has 1 N–H and O–H groups in total. The minimum Gasteiger partial charge on any atom is -0.335 e. The van der Waals surface area contributed by atoms with Crippen molar-refractivity contribution in [3.8, 4) is 6.07 Å². The summed E-state index contributed by atoms with van der Waals surface area (Å²) in [6, 6.07) is 7.88. The smallest absolute Gasteiger partial charge is 0.178 e. The van der Waals surface area contributed by atoms with Crippen LogP contribution < -0.4 is 0 Å². The fourth-order valence-electron chi connectivity index (χ4n) is 2.41. The molecule has 6 heteroatoms. The van der Waals surface area contributed by atoms with Gasteiger partial charge in [-0.15, -0.1) is 0 Å². The van der Waals surface area contributed by atoms with Gasteiger partial charge in [-0.3, -0.25) is 0 Å². The molecule has 3 aromatic rings. The highest BCUT2D eigenvalue weighted by Gasteiger charge is 2.12. The zero-order chi connectivity index (χ0) is 14.1. The number of nitrogens with zero attached hydrogens (tertiary/aromatic N) is 4. The average molecular weight is 283 g/mol. The van der Waals surface area contributed by atoms with E-state index in [4.69, 9.17) is 17.5 Å². The van der Waals surface area contributed by atoms with E-state index in [0.717, 1.165) is 17.6 Å². The Morgan fingerprint density at radius 1 is 1.50 bits per heavy atom. The summed E-state index contributed by atoms with van der Waals surface area (Å²) in [6.07, 6.45) is 5.47. The number of imidazole rings is 2. The zero-order valence-electron chi connectivity index (χ0n) is 10.9. The highest BCUT2D eigenvalue weighted by Crippen LogP contribution is 2.21. The fourth-order valence-corrected chi connectivity index (χ4v) is 2.80. The van der Waals surface area contributed by atoms with E-state index in [0.29, 0.717) is 10.3 Å². The van der Waals surface area contributed by atoms with Gasteiger partial charge in [0.15, 0.2) is 4.77 Å². The third kappa shape index (κ3) is 2.12. The summed E-state index contributed by atoms with van der Waals surface area (Å²) in [7, 11) is 0. The quantitative estimate of drug-likeness (QED) is 0.751. The third-order valence-electron chi connectivity index (χ3n) is 3.32. The lowest BCUT2D eigenvalue weighted by molar-refractivity contribution is 0.470. The van der Waals surface area contributed by atoms with E-state index in [9.17, 15) is 0 Å². The first kappa shape index (κ1) is 12.6. The summed E-state index contributed by atoms with van der Waals surface area (Å²) in [6.45, 7) is 2.88. The van der Waals surface area contributed by atoms with Crippen LogP contribution in [0.5, 0.6) is 0 Å². The molecule has 5 nitrogen and oxygen atoms in total. The van der Waals surface area contributed by atoms with Crippen molar-refractivity contribution in [3.05, 3.63) is 47.3 Å². The molecule has 2 aromatic heterocycles. The van der Waals surface area contributed by atoms with E-state index < -0.39 is 0 Å². The first-order valence-electron chi connectivity index (χ1n) is 6.29. The van der Waals surface area contributed by atoms with Crippen molar-refractivity contribution in [2.45, 2.75) is 19.5 Å². The Kier molecular flexibility index (Phi) is 3.12. The molecule has 2 heterocycles. The summed E-state index contributed by atoms with van der Waals surface area (Å²) in [4.78, 5) is 7.23. The van der Waals surface area contributed by atoms with Gasteiger partial charge in [0, 0.05) is 18.9 Å². The first-order valence-corrected chi connectivity index (χ1v) is 6.70. The largest absolute Gasteiger partial charge is 0.335 e. The van der Waals surface area contributed by atoms with Crippen molar-refractivity contribution in [1.29, 1.82) is 5.26 Å². The van der Waals surface area contributed by atoms with Crippen LogP contribution in [0.15, 0.2) is 36.9 Å². The number of aromatic amines is 1. The summed E-state index contributed by atoms with van der Waals surface area (Å²) in [5.74, 6) is 0. The molecule has 1 atom stereocenters. The van der Waals surface area contributed by atoms with E-state index in [-0.39, 0.29) is 6.04 Å². The average Bonchev–Trinajstić information content (AvgIpc) is 3.04. The Balaban J connectivity index is 2.08. The van der Waals surface area contributed by atoms with Gasteiger partial charge in [0.25, 0.3) is 0 Å². The number of aromatic nitrogens is 4. The highest BCUT2D eigenvalue weighted by atomic mass is 32.1. The molecule has 1 aromatic carbocycles.